The Morgan fingerprint density at radius 2 is 2.00 bits per heavy atom. The van der Waals surface area contributed by atoms with Gasteiger partial charge in [0.2, 0.25) is 0 Å². The highest BCUT2D eigenvalue weighted by atomic mass is 16.3. The van der Waals surface area contributed by atoms with Gasteiger partial charge in [0.15, 0.2) is 0 Å². The fourth-order valence-electron chi connectivity index (χ4n) is 2.72. The van der Waals surface area contributed by atoms with Crippen molar-refractivity contribution in [3.8, 4) is 0 Å². The molecule has 2 fully saturated rings. The zero-order chi connectivity index (χ0) is 9.97. The fourth-order valence-corrected chi connectivity index (χ4v) is 2.72. The average Bonchev–Trinajstić information content (AvgIpc) is 2.89. The number of hydrogen-bond acceptors (Lipinski definition) is 2. The number of aliphatic hydroxyl groups excluding tert-OH is 1. The summed E-state index contributed by atoms with van der Waals surface area (Å²) in [4.78, 5) is 0. The Bertz CT molecular complexity index is 183. The summed E-state index contributed by atoms with van der Waals surface area (Å²) in [7, 11) is 0. The lowest BCUT2D eigenvalue weighted by Gasteiger charge is -2.28. The van der Waals surface area contributed by atoms with Crippen LogP contribution in [-0.2, 0) is 0 Å². The molecule has 0 radical (unpaired) electrons. The van der Waals surface area contributed by atoms with Gasteiger partial charge in [-0.15, -0.1) is 0 Å². The van der Waals surface area contributed by atoms with E-state index in [1.165, 1.54) is 38.5 Å². The molecule has 2 heteroatoms. The Hall–Kier alpha value is -0.0800. The molecule has 2 unspecified atom stereocenters. The first-order valence-electron chi connectivity index (χ1n) is 6.25. The summed E-state index contributed by atoms with van der Waals surface area (Å²) in [6.45, 7) is 2.25. The zero-order valence-corrected chi connectivity index (χ0v) is 9.21. The van der Waals surface area contributed by atoms with Crippen LogP contribution in [0.2, 0.25) is 0 Å². The van der Waals surface area contributed by atoms with Gasteiger partial charge >= 0.3 is 0 Å². The largest absolute Gasteiger partial charge is 0.392 e. The van der Waals surface area contributed by atoms with Crippen LogP contribution in [0.3, 0.4) is 0 Å². The molecule has 0 saturated heterocycles. The Morgan fingerprint density at radius 1 is 1.21 bits per heavy atom. The summed E-state index contributed by atoms with van der Waals surface area (Å²) in [5.74, 6) is 0.911. The maximum atomic E-state index is 9.80. The summed E-state index contributed by atoms with van der Waals surface area (Å²) in [5.41, 5.74) is 0. The SMILES string of the molecule is CCCC1CC1N[C@H]1CCCC[C@@H]1O. The molecule has 2 N–H and O–H groups in total. The summed E-state index contributed by atoms with van der Waals surface area (Å²) >= 11 is 0. The lowest BCUT2D eigenvalue weighted by molar-refractivity contribution is 0.0893. The maximum Gasteiger partial charge on any atom is 0.0693 e. The third-order valence-corrected chi connectivity index (χ3v) is 3.74. The molecule has 4 atom stereocenters. The Balaban J connectivity index is 1.70. The zero-order valence-electron chi connectivity index (χ0n) is 9.21. The smallest absolute Gasteiger partial charge is 0.0693 e. The van der Waals surface area contributed by atoms with Crippen LogP contribution < -0.4 is 5.32 Å². The topological polar surface area (TPSA) is 32.3 Å². The van der Waals surface area contributed by atoms with E-state index in [-0.39, 0.29) is 6.10 Å². The second-order valence-electron chi connectivity index (χ2n) is 5.02. The Morgan fingerprint density at radius 3 is 2.71 bits per heavy atom. The van der Waals surface area contributed by atoms with Crippen molar-refractivity contribution in [1.29, 1.82) is 0 Å². The van der Waals surface area contributed by atoms with E-state index in [0.717, 1.165) is 18.4 Å². The number of rotatable bonds is 4. The quantitative estimate of drug-likeness (QED) is 0.723. The first-order chi connectivity index (χ1) is 6.81. The molecule has 0 heterocycles. The molecule has 2 aliphatic rings. The third kappa shape index (κ3) is 2.48. The van der Waals surface area contributed by atoms with Crippen LogP contribution in [-0.4, -0.2) is 23.3 Å². The summed E-state index contributed by atoms with van der Waals surface area (Å²) < 4.78 is 0. The fraction of sp³-hybridized carbons (Fsp3) is 1.00. The Kier molecular flexibility index (Phi) is 3.45. The first-order valence-corrected chi connectivity index (χ1v) is 6.25. The maximum absolute atomic E-state index is 9.80. The van der Waals surface area contributed by atoms with Crippen molar-refractivity contribution >= 4 is 0 Å². The molecular formula is C12H23NO. The molecule has 0 amide bonds. The van der Waals surface area contributed by atoms with Crippen LogP contribution >= 0.6 is 0 Å². The van der Waals surface area contributed by atoms with E-state index in [0.29, 0.717) is 6.04 Å². The third-order valence-electron chi connectivity index (χ3n) is 3.74. The molecule has 14 heavy (non-hydrogen) atoms. The summed E-state index contributed by atoms with van der Waals surface area (Å²) in [5, 5.41) is 13.4. The minimum atomic E-state index is -0.0772. The molecule has 0 aromatic rings. The normalized spacial score (nSPS) is 42.4. The summed E-state index contributed by atoms with van der Waals surface area (Å²) in [6, 6.07) is 1.13. The number of nitrogens with one attached hydrogen (secondary N) is 1. The van der Waals surface area contributed by atoms with Gasteiger partial charge in [-0.2, -0.15) is 0 Å². The predicted molar refractivity (Wildman–Crippen MR) is 58.2 cm³/mol. The molecular weight excluding hydrogens is 174 g/mol. The molecule has 2 nitrogen and oxygen atoms in total. The van der Waals surface area contributed by atoms with Gasteiger partial charge in [-0.25, -0.2) is 0 Å². The molecule has 2 aliphatic carbocycles. The number of aliphatic hydroxyl groups is 1. The van der Waals surface area contributed by atoms with E-state index in [1.54, 1.807) is 0 Å². The number of hydrogen-bond donors (Lipinski definition) is 2. The lowest BCUT2D eigenvalue weighted by Crippen LogP contribution is -2.43. The van der Waals surface area contributed by atoms with E-state index in [9.17, 15) is 5.11 Å². The van der Waals surface area contributed by atoms with Crippen LogP contribution in [0.4, 0.5) is 0 Å². The molecule has 0 aliphatic heterocycles. The molecule has 82 valence electrons. The van der Waals surface area contributed by atoms with Crippen LogP contribution in [0.25, 0.3) is 0 Å². The van der Waals surface area contributed by atoms with Crippen molar-refractivity contribution in [3.05, 3.63) is 0 Å². The van der Waals surface area contributed by atoms with Gasteiger partial charge in [0.1, 0.15) is 0 Å². The van der Waals surface area contributed by atoms with E-state index < -0.39 is 0 Å². The van der Waals surface area contributed by atoms with Gasteiger partial charge in [-0.3, -0.25) is 0 Å². The van der Waals surface area contributed by atoms with Gasteiger partial charge in [-0.05, 0) is 31.6 Å². The van der Waals surface area contributed by atoms with E-state index in [2.05, 4.69) is 12.2 Å². The van der Waals surface area contributed by atoms with Gasteiger partial charge < -0.3 is 10.4 Å². The van der Waals surface area contributed by atoms with Crippen LogP contribution in [0.1, 0.15) is 51.9 Å². The van der Waals surface area contributed by atoms with Gasteiger partial charge in [-0.1, -0.05) is 26.2 Å². The second-order valence-corrected chi connectivity index (χ2v) is 5.02. The minimum absolute atomic E-state index is 0.0772. The molecule has 0 bridgehead atoms. The van der Waals surface area contributed by atoms with Crippen molar-refractivity contribution in [2.24, 2.45) is 5.92 Å². The van der Waals surface area contributed by atoms with Crippen molar-refractivity contribution < 1.29 is 5.11 Å². The highest BCUT2D eigenvalue weighted by Crippen LogP contribution is 2.36. The van der Waals surface area contributed by atoms with Crippen molar-refractivity contribution in [2.75, 3.05) is 0 Å². The molecule has 2 saturated carbocycles. The van der Waals surface area contributed by atoms with Crippen molar-refractivity contribution in [1.82, 2.24) is 5.32 Å². The minimum Gasteiger partial charge on any atom is -0.392 e. The Labute approximate surface area is 87.1 Å². The van der Waals surface area contributed by atoms with E-state index >= 15 is 0 Å². The first kappa shape index (κ1) is 10.4. The van der Waals surface area contributed by atoms with E-state index in [4.69, 9.17) is 0 Å². The monoisotopic (exact) mass is 197 g/mol. The highest BCUT2D eigenvalue weighted by Gasteiger charge is 2.38. The van der Waals surface area contributed by atoms with Crippen LogP contribution in [0, 0.1) is 5.92 Å². The van der Waals surface area contributed by atoms with Gasteiger partial charge in [0.25, 0.3) is 0 Å². The lowest BCUT2D eigenvalue weighted by atomic mass is 9.92. The molecule has 0 spiro atoms. The van der Waals surface area contributed by atoms with Crippen LogP contribution in [0.5, 0.6) is 0 Å². The van der Waals surface area contributed by atoms with Gasteiger partial charge in [0.05, 0.1) is 6.10 Å². The highest BCUT2D eigenvalue weighted by molar-refractivity contribution is 4.96. The van der Waals surface area contributed by atoms with E-state index in [1.807, 2.05) is 0 Å². The average molecular weight is 197 g/mol. The predicted octanol–water partition coefficient (Wildman–Crippen LogP) is 2.07. The van der Waals surface area contributed by atoms with Gasteiger partial charge in [0, 0.05) is 12.1 Å². The summed E-state index contributed by atoms with van der Waals surface area (Å²) in [6.07, 6.45) is 8.61. The standard InChI is InChI=1S/C12H23NO/c1-2-5-9-8-11(9)13-10-6-3-4-7-12(10)14/h9-14H,2-8H2,1H3/t9?,10-,11?,12-/m0/s1. The van der Waals surface area contributed by atoms with Crippen molar-refractivity contribution in [3.63, 3.8) is 0 Å². The molecule has 0 aromatic carbocycles. The second kappa shape index (κ2) is 4.63. The van der Waals surface area contributed by atoms with Crippen LogP contribution in [0.15, 0.2) is 0 Å². The van der Waals surface area contributed by atoms with Crippen molar-refractivity contribution in [2.45, 2.75) is 70.1 Å². The molecule has 2 rings (SSSR count). The molecule has 0 aromatic heterocycles.